The van der Waals surface area contributed by atoms with E-state index >= 15 is 0 Å². The van der Waals surface area contributed by atoms with Gasteiger partial charge >= 0.3 is 0 Å². The fourth-order valence-corrected chi connectivity index (χ4v) is 2.19. The fraction of sp³-hybridized carbons (Fsp3) is 0.125. The standard InChI is InChI=1S/C16H15N3O/c1-11-3-2-4-12(7-11)9-17-16(20)13-5-6-15-14(8-13)10-18-19-15/h2-8,10H,9H2,1H3,(H,17,20)(H,18,19). The number of carbonyl (C=O) groups excluding carboxylic acids is 1. The van der Waals surface area contributed by atoms with Crippen molar-refractivity contribution in [2.45, 2.75) is 13.5 Å². The molecule has 0 atom stereocenters. The van der Waals surface area contributed by atoms with E-state index in [1.165, 1.54) is 5.56 Å². The molecule has 4 nitrogen and oxygen atoms in total. The van der Waals surface area contributed by atoms with E-state index in [0.717, 1.165) is 16.5 Å². The highest BCUT2D eigenvalue weighted by Gasteiger charge is 2.06. The largest absolute Gasteiger partial charge is 0.348 e. The van der Waals surface area contributed by atoms with Crippen LogP contribution in [0.15, 0.2) is 48.7 Å². The molecule has 2 N–H and O–H groups in total. The van der Waals surface area contributed by atoms with E-state index in [1.807, 2.05) is 37.3 Å². The van der Waals surface area contributed by atoms with Gasteiger partial charge in [0.25, 0.3) is 5.91 Å². The molecule has 0 radical (unpaired) electrons. The van der Waals surface area contributed by atoms with Crippen molar-refractivity contribution in [3.63, 3.8) is 0 Å². The third-order valence-corrected chi connectivity index (χ3v) is 3.24. The number of nitrogens with one attached hydrogen (secondary N) is 2. The summed E-state index contributed by atoms with van der Waals surface area (Å²) in [5.41, 5.74) is 3.87. The number of hydrogen-bond acceptors (Lipinski definition) is 2. The summed E-state index contributed by atoms with van der Waals surface area (Å²) in [6.07, 6.45) is 1.71. The normalized spacial score (nSPS) is 10.7. The van der Waals surface area contributed by atoms with Crippen LogP contribution in [0.25, 0.3) is 10.9 Å². The first-order valence-electron chi connectivity index (χ1n) is 6.49. The number of rotatable bonds is 3. The maximum Gasteiger partial charge on any atom is 0.251 e. The van der Waals surface area contributed by atoms with Gasteiger partial charge in [-0.3, -0.25) is 9.89 Å². The maximum absolute atomic E-state index is 12.1. The Morgan fingerprint density at radius 1 is 1.25 bits per heavy atom. The minimum Gasteiger partial charge on any atom is -0.348 e. The van der Waals surface area contributed by atoms with Crippen molar-refractivity contribution in [3.8, 4) is 0 Å². The number of H-pyrrole nitrogens is 1. The smallest absolute Gasteiger partial charge is 0.251 e. The Morgan fingerprint density at radius 3 is 3.00 bits per heavy atom. The summed E-state index contributed by atoms with van der Waals surface area (Å²) < 4.78 is 0. The number of carbonyl (C=O) groups is 1. The predicted octanol–water partition coefficient (Wildman–Crippen LogP) is 2.80. The van der Waals surface area contributed by atoms with Gasteiger partial charge in [0.15, 0.2) is 0 Å². The number of hydrogen-bond donors (Lipinski definition) is 2. The first kappa shape index (κ1) is 12.4. The van der Waals surface area contributed by atoms with Gasteiger partial charge in [-0.1, -0.05) is 29.8 Å². The van der Waals surface area contributed by atoms with Crippen LogP contribution in [0.3, 0.4) is 0 Å². The van der Waals surface area contributed by atoms with Crippen LogP contribution in [0, 0.1) is 6.92 Å². The van der Waals surface area contributed by atoms with E-state index in [4.69, 9.17) is 0 Å². The van der Waals surface area contributed by atoms with Gasteiger partial charge < -0.3 is 5.32 Å². The Kier molecular flexibility index (Phi) is 3.21. The summed E-state index contributed by atoms with van der Waals surface area (Å²) in [6.45, 7) is 2.57. The molecule has 1 heterocycles. The summed E-state index contributed by atoms with van der Waals surface area (Å²) in [7, 11) is 0. The number of aromatic amines is 1. The Morgan fingerprint density at radius 2 is 2.15 bits per heavy atom. The van der Waals surface area contributed by atoms with Gasteiger partial charge in [-0.05, 0) is 30.7 Å². The van der Waals surface area contributed by atoms with Gasteiger partial charge in [0.2, 0.25) is 0 Å². The molecule has 0 saturated carbocycles. The molecular weight excluding hydrogens is 250 g/mol. The fourth-order valence-electron chi connectivity index (χ4n) is 2.19. The van der Waals surface area contributed by atoms with Crippen LogP contribution in [0.2, 0.25) is 0 Å². The zero-order valence-electron chi connectivity index (χ0n) is 11.2. The molecular formula is C16H15N3O. The molecule has 1 amide bonds. The highest BCUT2D eigenvalue weighted by molar-refractivity contribution is 5.97. The number of aromatic nitrogens is 2. The topological polar surface area (TPSA) is 57.8 Å². The van der Waals surface area contributed by atoms with E-state index < -0.39 is 0 Å². The molecule has 1 aromatic heterocycles. The third-order valence-electron chi connectivity index (χ3n) is 3.24. The van der Waals surface area contributed by atoms with Crippen LogP contribution in [0.4, 0.5) is 0 Å². The molecule has 0 spiro atoms. The first-order valence-corrected chi connectivity index (χ1v) is 6.49. The molecule has 0 aliphatic carbocycles. The van der Waals surface area contributed by atoms with Crippen LogP contribution in [0.5, 0.6) is 0 Å². The molecule has 0 saturated heterocycles. The van der Waals surface area contributed by atoms with Crippen molar-refractivity contribution in [1.29, 1.82) is 0 Å². The number of aryl methyl sites for hydroxylation is 1. The molecule has 3 rings (SSSR count). The van der Waals surface area contributed by atoms with Gasteiger partial charge in [-0.25, -0.2) is 0 Å². The Bertz CT molecular complexity index is 761. The van der Waals surface area contributed by atoms with Gasteiger partial charge in [0, 0.05) is 17.5 Å². The van der Waals surface area contributed by atoms with Crippen LogP contribution in [-0.2, 0) is 6.54 Å². The van der Waals surface area contributed by atoms with Gasteiger partial charge in [0.05, 0.1) is 11.7 Å². The van der Waals surface area contributed by atoms with Crippen molar-refractivity contribution >= 4 is 16.8 Å². The lowest BCUT2D eigenvalue weighted by molar-refractivity contribution is 0.0951. The third kappa shape index (κ3) is 2.54. The lowest BCUT2D eigenvalue weighted by Gasteiger charge is -2.06. The number of nitrogens with zero attached hydrogens (tertiary/aromatic N) is 1. The average molecular weight is 265 g/mol. The van der Waals surface area contributed by atoms with Gasteiger partial charge in [-0.2, -0.15) is 5.10 Å². The monoisotopic (exact) mass is 265 g/mol. The van der Waals surface area contributed by atoms with Crippen molar-refractivity contribution in [3.05, 3.63) is 65.4 Å². The molecule has 4 heteroatoms. The van der Waals surface area contributed by atoms with E-state index in [0.29, 0.717) is 12.1 Å². The SMILES string of the molecule is Cc1cccc(CNC(=O)c2ccc3[nH]ncc3c2)c1. The van der Waals surface area contributed by atoms with Crippen LogP contribution in [0.1, 0.15) is 21.5 Å². The predicted molar refractivity (Wildman–Crippen MR) is 78.4 cm³/mol. The molecule has 0 aliphatic rings. The molecule has 20 heavy (non-hydrogen) atoms. The average Bonchev–Trinajstić information content (AvgIpc) is 2.92. The Hall–Kier alpha value is -2.62. The van der Waals surface area contributed by atoms with Crippen molar-refractivity contribution in [2.75, 3.05) is 0 Å². The van der Waals surface area contributed by atoms with Crippen molar-refractivity contribution in [2.24, 2.45) is 0 Å². The Labute approximate surface area is 116 Å². The Balaban J connectivity index is 1.72. The molecule has 0 unspecified atom stereocenters. The lowest BCUT2D eigenvalue weighted by Crippen LogP contribution is -2.22. The van der Waals surface area contributed by atoms with Crippen LogP contribution < -0.4 is 5.32 Å². The summed E-state index contributed by atoms with van der Waals surface area (Å²) in [6, 6.07) is 13.6. The second kappa shape index (κ2) is 5.17. The van der Waals surface area contributed by atoms with E-state index in [-0.39, 0.29) is 5.91 Å². The van der Waals surface area contributed by atoms with Crippen LogP contribution in [-0.4, -0.2) is 16.1 Å². The quantitative estimate of drug-likeness (QED) is 0.765. The summed E-state index contributed by atoms with van der Waals surface area (Å²) in [4.78, 5) is 12.1. The second-order valence-corrected chi connectivity index (χ2v) is 4.84. The lowest BCUT2D eigenvalue weighted by atomic mass is 10.1. The van der Waals surface area contributed by atoms with Gasteiger partial charge in [0.1, 0.15) is 0 Å². The zero-order valence-corrected chi connectivity index (χ0v) is 11.2. The van der Waals surface area contributed by atoms with Crippen molar-refractivity contribution < 1.29 is 4.79 Å². The van der Waals surface area contributed by atoms with Gasteiger partial charge in [-0.15, -0.1) is 0 Å². The molecule has 0 bridgehead atoms. The van der Waals surface area contributed by atoms with E-state index in [2.05, 4.69) is 21.6 Å². The van der Waals surface area contributed by atoms with Crippen molar-refractivity contribution in [1.82, 2.24) is 15.5 Å². The minimum absolute atomic E-state index is 0.0744. The molecule has 2 aromatic carbocycles. The highest BCUT2D eigenvalue weighted by Crippen LogP contribution is 2.13. The number of benzene rings is 2. The number of fused-ring (bicyclic) bond motifs is 1. The summed E-state index contributed by atoms with van der Waals surface area (Å²) in [5, 5.41) is 10.7. The molecule has 100 valence electrons. The summed E-state index contributed by atoms with van der Waals surface area (Å²) >= 11 is 0. The molecule has 0 aliphatic heterocycles. The number of amides is 1. The first-order chi connectivity index (χ1) is 9.72. The maximum atomic E-state index is 12.1. The highest BCUT2D eigenvalue weighted by atomic mass is 16.1. The minimum atomic E-state index is -0.0744. The van der Waals surface area contributed by atoms with Crippen LogP contribution >= 0.6 is 0 Å². The zero-order chi connectivity index (χ0) is 13.9. The summed E-state index contributed by atoms with van der Waals surface area (Å²) in [5.74, 6) is -0.0744. The van der Waals surface area contributed by atoms with E-state index in [9.17, 15) is 4.79 Å². The molecule has 3 aromatic rings. The second-order valence-electron chi connectivity index (χ2n) is 4.84. The van der Waals surface area contributed by atoms with E-state index in [1.54, 1.807) is 12.3 Å². The molecule has 0 fully saturated rings.